The predicted molar refractivity (Wildman–Crippen MR) is 149 cm³/mol. The predicted octanol–water partition coefficient (Wildman–Crippen LogP) is 6.60. The Bertz CT molecular complexity index is 1070. The molecule has 37 heavy (non-hydrogen) atoms. The first-order valence-electron chi connectivity index (χ1n) is 13.3. The number of allylic oxidation sites excluding steroid dienone is 2. The molecule has 0 aromatic heterocycles. The highest BCUT2D eigenvalue weighted by atomic mass is 32.2. The Morgan fingerprint density at radius 2 is 1.68 bits per heavy atom. The summed E-state index contributed by atoms with van der Waals surface area (Å²) >= 11 is -1.64. The molecule has 6 heteroatoms. The zero-order valence-electron chi connectivity index (χ0n) is 22.1. The van der Waals surface area contributed by atoms with Gasteiger partial charge in [-0.05, 0) is 66.4 Å². The molecule has 0 aliphatic heterocycles. The number of carbonyl (C=O) groups is 1. The Kier molecular flexibility index (Phi) is 9.38. The summed E-state index contributed by atoms with van der Waals surface area (Å²) in [5, 5.41) is 0. The first-order chi connectivity index (χ1) is 17.9. The Labute approximate surface area is 224 Å². The highest BCUT2D eigenvalue weighted by Crippen LogP contribution is 2.62. The van der Waals surface area contributed by atoms with Crippen LogP contribution < -0.4 is 4.72 Å². The fourth-order valence-electron chi connectivity index (χ4n) is 6.03. The highest BCUT2D eigenvalue weighted by Gasteiger charge is 2.57. The maximum absolute atomic E-state index is 13.1. The first-order valence-corrected chi connectivity index (χ1v) is 14.4. The Morgan fingerprint density at radius 3 is 2.27 bits per heavy atom. The summed E-state index contributed by atoms with van der Waals surface area (Å²) in [5.41, 5.74) is 3.25. The smallest absolute Gasteiger partial charge is 0.305 e. The topological polar surface area (TPSA) is 64.6 Å². The number of esters is 1. The third kappa shape index (κ3) is 6.79. The molecular formula is C31H39NO4S. The number of ether oxygens (including phenoxy) is 1. The molecule has 2 bridgehead atoms. The number of nitrogens with one attached hydrogen (secondary N) is 1. The summed E-state index contributed by atoms with van der Waals surface area (Å²) in [6.45, 7) is 4.74. The van der Waals surface area contributed by atoms with Crippen LogP contribution in [-0.4, -0.2) is 23.3 Å². The molecule has 0 amide bonds. The van der Waals surface area contributed by atoms with E-state index in [1.165, 1.54) is 13.5 Å². The number of hydrogen-bond donors (Lipinski definition) is 1. The van der Waals surface area contributed by atoms with Gasteiger partial charge >= 0.3 is 5.97 Å². The van der Waals surface area contributed by atoms with Crippen LogP contribution in [0.5, 0.6) is 0 Å². The first kappa shape index (κ1) is 27.3. The molecule has 5 atom stereocenters. The molecule has 2 aromatic rings. The standard InChI is InChI=1S/C31H39NO4S/c1-31(2)25-20-28(31)26(18-12-4-5-13-19-30(33)35-3)29(21-25)32-37(34)36-22-27(23-14-8-6-9-15-23)24-16-10-7-11-17-24/h4,6-12,14-17,22,25-26,28-29,32H,5,13,18-21H2,1-3H3/t25-,26+,28+,29?,37?/m1/s1. The van der Waals surface area contributed by atoms with Gasteiger partial charge in [0.15, 0.2) is 0 Å². The van der Waals surface area contributed by atoms with Crippen LogP contribution in [0.4, 0.5) is 0 Å². The van der Waals surface area contributed by atoms with Crippen LogP contribution in [-0.2, 0) is 25.0 Å². The maximum atomic E-state index is 13.1. The van der Waals surface area contributed by atoms with Gasteiger partial charge in [0.05, 0.1) is 7.11 Å². The largest absolute Gasteiger partial charge is 0.469 e. The van der Waals surface area contributed by atoms with Crippen molar-refractivity contribution in [2.75, 3.05) is 7.11 Å². The van der Waals surface area contributed by atoms with E-state index in [0.29, 0.717) is 29.6 Å². The minimum atomic E-state index is -1.64. The average Bonchev–Trinajstić information content (AvgIpc) is 2.92. The molecule has 5 rings (SSSR count). The van der Waals surface area contributed by atoms with Crippen molar-refractivity contribution in [2.24, 2.45) is 23.2 Å². The minimum absolute atomic E-state index is 0.141. The molecule has 2 unspecified atom stereocenters. The van der Waals surface area contributed by atoms with Gasteiger partial charge in [-0.15, -0.1) is 0 Å². The van der Waals surface area contributed by atoms with E-state index in [9.17, 15) is 9.00 Å². The summed E-state index contributed by atoms with van der Waals surface area (Å²) in [5.74, 6) is 1.48. The van der Waals surface area contributed by atoms with Crippen LogP contribution in [0.2, 0.25) is 0 Å². The van der Waals surface area contributed by atoms with Crippen molar-refractivity contribution in [1.29, 1.82) is 0 Å². The van der Waals surface area contributed by atoms with E-state index in [0.717, 1.165) is 42.4 Å². The Balaban J connectivity index is 1.40. The number of methoxy groups -OCH3 is 1. The number of carbonyl (C=O) groups excluding carboxylic acids is 1. The van der Waals surface area contributed by atoms with E-state index < -0.39 is 11.3 Å². The van der Waals surface area contributed by atoms with Gasteiger partial charge in [-0.2, -0.15) is 4.21 Å². The van der Waals surface area contributed by atoms with Gasteiger partial charge in [0.2, 0.25) is 0 Å². The van der Waals surface area contributed by atoms with Crippen molar-refractivity contribution in [2.45, 2.75) is 58.4 Å². The molecule has 0 radical (unpaired) electrons. The van der Waals surface area contributed by atoms with Crippen LogP contribution in [0, 0.1) is 23.2 Å². The third-order valence-corrected chi connectivity index (χ3v) is 9.11. The van der Waals surface area contributed by atoms with E-state index in [1.807, 2.05) is 60.7 Å². The number of unbranched alkanes of at least 4 members (excludes halogenated alkanes) is 1. The van der Waals surface area contributed by atoms with E-state index in [1.54, 1.807) is 6.26 Å². The van der Waals surface area contributed by atoms with E-state index in [2.05, 4.69) is 30.7 Å². The van der Waals surface area contributed by atoms with Gasteiger partial charge in [-0.3, -0.25) is 4.79 Å². The maximum Gasteiger partial charge on any atom is 0.305 e. The normalized spacial score (nSPS) is 24.6. The second kappa shape index (κ2) is 12.7. The second-order valence-corrected chi connectivity index (χ2v) is 11.7. The molecule has 2 aromatic carbocycles. The van der Waals surface area contributed by atoms with Crippen LogP contribution in [0.15, 0.2) is 79.1 Å². The molecule has 198 valence electrons. The highest BCUT2D eigenvalue weighted by molar-refractivity contribution is 7.78. The average molecular weight is 522 g/mol. The molecule has 3 aliphatic rings. The molecule has 0 heterocycles. The van der Waals surface area contributed by atoms with E-state index >= 15 is 0 Å². The van der Waals surface area contributed by atoms with Crippen LogP contribution in [0.25, 0.3) is 5.57 Å². The number of rotatable bonds is 12. The van der Waals surface area contributed by atoms with Crippen molar-refractivity contribution in [3.8, 4) is 0 Å². The summed E-state index contributed by atoms with van der Waals surface area (Å²) in [6.07, 6.45) is 11.3. The lowest BCUT2D eigenvalue weighted by atomic mass is 9.44. The lowest BCUT2D eigenvalue weighted by Gasteiger charge is -2.62. The van der Waals surface area contributed by atoms with E-state index in [4.69, 9.17) is 8.92 Å². The van der Waals surface area contributed by atoms with Gasteiger partial charge in [0.25, 0.3) is 11.3 Å². The monoisotopic (exact) mass is 521 g/mol. The third-order valence-electron chi connectivity index (χ3n) is 8.34. The second-order valence-electron chi connectivity index (χ2n) is 10.8. The molecular weight excluding hydrogens is 482 g/mol. The zero-order valence-corrected chi connectivity index (χ0v) is 22.9. The van der Waals surface area contributed by atoms with Crippen molar-refractivity contribution >= 4 is 22.8 Å². The molecule has 3 aliphatic carbocycles. The fraction of sp³-hybridized carbons (Fsp3) is 0.452. The number of benzene rings is 2. The zero-order chi connectivity index (χ0) is 26.3. The van der Waals surface area contributed by atoms with Crippen LogP contribution in [0.1, 0.15) is 63.5 Å². The van der Waals surface area contributed by atoms with E-state index in [-0.39, 0.29) is 12.0 Å². The number of hydrogen-bond acceptors (Lipinski definition) is 4. The molecule has 1 N–H and O–H groups in total. The fourth-order valence-corrected chi connectivity index (χ4v) is 6.78. The summed E-state index contributed by atoms with van der Waals surface area (Å²) in [4.78, 5) is 11.3. The van der Waals surface area contributed by atoms with Crippen LogP contribution >= 0.6 is 0 Å². The Morgan fingerprint density at radius 1 is 1.03 bits per heavy atom. The quantitative estimate of drug-likeness (QED) is 0.148. The van der Waals surface area contributed by atoms with Crippen molar-refractivity contribution in [3.05, 3.63) is 90.2 Å². The van der Waals surface area contributed by atoms with Gasteiger partial charge in [0, 0.05) is 18.0 Å². The Hall–Kier alpha value is -2.70. The number of fused-ring (bicyclic) bond motifs is 2. The molecule has 3 fully saturated rings. The lowest BCUT2D eigenvalue weighted by molar-refractivity contribution is -0.140. The minimum Gasteiger partial charge on any atom is -0.469 e. The SMILES string of the molecule is COC(=O)CCCC=CC[C@@H]1C(NS(=O)OC=C(c2ccccc2)c2ccccc2)C[C@H]2C[C@@H]1C2(C)C. The molecule has 0 spiro atoms. The van der Waals surface area contributed by atoms with Gasteiger partial charge < -0.3 is 8.92 Å². The van der Waals surface area contributed by atoms with Gasteiger partial charge in [-0.25, -0.2) is 4.72 Å². The summed E-state index contributed by atoms with van der Waals surface area (Å²) in [7, 11) is 1.43. The van der Waals surface area contributed by atoms with Crippen molar-refractivity contribution < 1.29 is 17.9 Å². The molecule has 3 saturated carbocycles. The van der Waals surface area contributed by atoms with Crippen molar-refractivity contribution in [3.63, 3.8) is 0 Å². The van der Waals surface area contributed by atoms with Crippen LogP contribution in [0.3, 0.4) is 0 Å². The van der Waals surface area contributed by atoms with Crippen molar-refractivity contribution in [1.82, 2.24) is 4.72 Å². The lowest BCUT2D eigenvalue weighted by Crippen LogP contribution is -2.60. The molecule has 0 saturated heterocycles. The summed E-state index contributed by atoms with van der Waals surface area (Å²) in [6, 6.07) is 20.2. The van der Waals surface area contributed by atoms with Gasteiger partial charge in [-0.1, -0.05) is 86.7 Å². The molecule has 5 nitrogen and oxygen atoms in total. The van der Waals surface area contributed by atoms with Gasteiger partial charge in [0.1, 0.15) is 6.26 Å². The summed E-state index contributed by atoms with van der Waals surface area (Å²) < 4.78 is 26.9.